The molecule has 6 nitrogen and oxygen atoms in total. The molecule has 6 heteroatoms. The van der Waals surface area contributed by atoms with Crippen LogP contribution in [0, 0.1) is 0 Å². The van der Waals surface area contributed by atoms with E-state index >= 15 is 0 Å². The fraction of sp³-hybridized carbons (Fsp3) is 0.173. The van der Waals surface area contributed by atoms with E-state index in [9.17, 15) is 0 Å². The minimum atomic E-state index is -0.142. The summed E-state index contributed by atoms with van der Waals surface area (Å²) in [5, 5.41) is 4.10. The third kappa shape index (κ3) is 5.90. The lowest BCUT2D eigenvalue weighted by molar-refractivity contribution is 0.237. The molecule has 0 fully saturated rings. The Kier molecular flexibility index (Phi) is 8.24. The minimum absolute atomic E-state index is 0.0432. The van der Waals surface area contributed by atoms with Gasteiger partial charge in [-0.25, -0.2) is 4.98 Å². The van der Waals surface area contributed by atoms with Crippen molar-refractivity contribution in [3.8, 4) is 17.3 Å². The first-order valence-corrected chi connectivity index (χ1v) is 20.1. The van der Waals surface area contributed by atoms with Crippen molar-refractivity contribution in [2.45, 2.75) is 52.5 Å². The highest BCUT2D eigenvalue weighted by atomic mass is 16.5. The molecule has 4 heterocycles. The van der Waals surface area contributed by atoms with Crippen molar-refractivity contribution in [3.63, 3.8) is 0 Å². The van der Waals surface area contributed by atoms with E-state index in [1.165, 1.54) is 16.8 Å². The van der Waals surface area contributed by atoms with Gasteiger partial charge in [0.05, 0.1) is 39.9 Å². The van der Waals surface area contributed by atoms with Crippen molar-refractivity contribution in [1.29, 1.82) is 0 Å². The van der Waals surface area contributed by atoms with Crippen molar-refractivity contribution < 1.29 is 9.15 Å². The van der Waals surface area contributed by atoms with Crippen LogP contribution in [-0.4, -0.2) is 26.7 Å². The van der Waals surface area contributed by atoms with E-state index in [4.69, 9.17) is 14.1 Å². The highest BCUT2D eigenvalue weighted by molar-refractivity contribution is 6.25. The van der Waals surface area contributed by atoms with E-state index in [-0.39, 0.29) is 11.0 Å². The van der Waals surface area contributed by atoms with Crippen molar-refractivity contribution in [2.75, 3.05) is 11.6 Å². The summed E-state index contributed by atoms with van der Waals surface area (Å²) >= 11 is 0. The summed E-state index contributed by atoms with van der Waals surface area (Å²) in [6, 6.07) is 53.2. The summed E-state index contributed by atoms with van der Waals surface area (Å²) < 4.78 is 16.2. The molecule has 0 amide bonds. The molecule has 0 N–H and O–H groups in total. The number of fused-ring (bicyclic) bond motifs is 7. The summed E-state index contributed by atoms with van der Waals surface area (Å²) in [5.41, 5.74) is 10.4. The molecule has 3 aromatic heterocycles. The zero-order chi connectivity index (χ0) is 39.8. The van der Waals surface area contributed by atoms with Gasteiger partial charge in [0, 0.05) is 51.5 Å². The van der Waals surface area contributed by atoms with E-state index in [0.29, 0.717) is 6.67 Å². The van der Waals surface area contributed by atoms with E-state index in [0.717, 1.165) is 78.0 Å². The van der Waals surface area contributed by atoms with Gasteiger partial charge in [-0.05, 0) is 68.1 Å². The van der Waals surface area contributed by atoms with Crippen LogP contribution in [0.15, 0.2) is 162 Å². The lowest BCUT2D eigenvalue weighted by atomic mass is 9.88. The highest BCUT2D eigenvalue weighted by Crippen LogP contribution is 2.48. The van der Waals surface area contributed by atoms with Gasteiger partial charge in [-0.2, -0.15) is 0 Å². The van der Waals surface area contributed by atoms with E-state index in [1.807, 2.05) is 24.4 Å². The van der Waals surface area contributed by atoms with E-state index in [1.54, 1.807) is 0 Å². The van der Waals surface area contributed by atoms with Crippen LogP contribution < -0.4 is 9.64 Å². The molecule has 0 aliphatic carbocycles. The number of hydrogen-bond donors (Lipinski definition) is 0. The van der Waals surface area contributed by atoms with Crippen LogP contribution >= 0.6 is 0 Å². The molecule has 1 aliphatic heterocycles. The third-order valence-electron chi connectivity index (χ3n) is 11.4. The Morgan fingerprint density at radius 2 is 1.28 bits per heavy atom. The quantitative estimate of drug-likeness (QED) is 0.169. The zero-order valence-electron chi connectivity index (χ0n) is 33.8. The van der Waals surface area contributed by atoms with Crippen LogP contribution in [0.25, 0.3) is 61.0 Å². The maximum atomic E-state index is 7.13. The molecule has 0 radical (unpaired) electrons. The van der Waals surface area contributed by atoms with Gasteiger partial charge in [0.25, 0.3) is 0 Å². The number of furan rings is 1. The van der Waals surface area contributed by atoms with Gasteiger partial charge in [0.15, 0.2) is 0 Å². The lowest BCUT2D eigenvalue weighted by Gasteiger charge is -2.36. The van der Waals surface area contributed by atoms with Crippen LogP contribution in [0.4, 0.5) is 5.69 Å². The second kappa shape index (κ2) is 13.4. The smallest absolute Gasteiger partial charge is 0.149 e. The number of nitrogens with zero attached hydrogens (tertiary/aromatic N) is 4. The molecular weight excluding hydrogens is 713 g/mol. The normalized spacial score (nSPS) is 13.8. The van der Waals surface area contributed by atoms with E-state index < -0.39 is 0 Å². The topological polar surface area (TPSA) is 46.7 Å². The van der Waals surface area contributed by atoms with Crippen molar-refractivity contribution in [3.05, 3.63) is 175 Å². The Bertz CT molecular complexity index is 3030. The molecule has 10 rings (SSSR count). The number of aromatic nitrogens is 2. The maximum absolute atomic E-state index is 7.13. The van der Waals surface area contributed by atoms with Gasteiger partial charge in [0.2, 0.25) is 0 Å². The first kappa shape index (κ1) is 35.6. The Balaban J connectivity index is 1.17. The predicted molar refractivity (Wildman–Crippen MR) is 240 cm³/mol. The molecule has 286 valence electrons. The molecule has 0 unspecified atom stereocenters. The number of pyridine rings is 1. The van der Waals surface area contributed by atoms with Gasteiger partial charge in [-0.1, -0.05) is 124 Å². The number of para-hydroxylation sites is 2. The summed E-state index contributed by atoms with van der Waals surface area (Å²) in [6.45, 7) is 14.2. The largest absolute Gasteiger partial charge is 0.456 e. The van der Waals surface area contributed by atoms with Crippen molar-refractivity contribution >= 4 is 60.8 Å². The van der Waals surface area contributed by atoms with Crippen LogP contribution in [0.3, 0.4) is 0 Å². The molecule has 1 aliphatic rings. The molecule has 0 saturated carbocycles. The van der Waals surface area contributed by atoms with Crippen molar-refractivity contribution in [2.24, 2.45) is 0 Å². The first-order valence-electron chi connectivity index (χ1n) is 20.1. The number of hydrogen-bond acceptors (Lipinski definition) is 5. The Morgan fingerprint density at radius 1 is 0.603 bits per heavy atom. The summed E-state index contributed by atoms with van der Waals surface area (Å²) in [5.74, 6) is 2.32. The molecule has 0 saturated heterocycles. The SMILES string of the molecule is CC(C)(C)c1ccnc(-n2c3ccccc3c3c4oc5ccccc5c4c(Oc4cccc(N5CN(C(C)(C)C)C(c6ccccc6)=C5c5ccccc5)c4)cc32)c1. The second-order valence-corrected chi connectivity index (χ2v) is 17.3. The fourth-order valence-electron chi connectivity index (χ4n) is 8.55. The lowest BCUT2D eigenvalue weighted by Crippen LogP contribution is -2.41. The molecule has 0 atom stereocenters. The maximum Gasteiger partial charge on any atom is 0.149 e. The first-order chi connectivity index (χ1) is 28.0. The highest BCUT2D eigenvalue weighted by Gasteiger charge is 2.37. The standard InChI is InChI=1S/C52H46N4O2/c1-51(2,3)36-28-29-53-45(30-36)56-41-26-15-13-24-39(41)46-42(56)32-44(47-40-25-14-16-27-43(40)58-50(46)47)57-38-23-17-22-37(31-38)54-33-55(52(4,5)6)49(35-20-11-8-12-21-35)48(54)34-18-9-7-10-19-34/h7-32H,33H2,1-6H3. The minimum Gasteiger partial charge on any atom is -0.456 e. The Labute approximate surface area is 339 Å². The van der Waals surface area contributed by atoms with Gasteiger partial charge in [-0.3, -0.25) is 4.57 Å². The predicted octanol–water partition coefficient (Wildman–Crippen LogP) is 13.6. The number of rotatable bonds is 6. The average molecular weight is 759 g/mol. The zero-order valence-corrected chi connectivity index (χ0v) is 33.8. The molecule has 0 bridgehead atoms. The Morgan fingerprint density at radius 3 is 2.00 bits per heavy atom. The summed E-state index contributed by atoms with van der Waals surface area (Å²) in [6.07, 6.45) is 1.92. The van der Waals surface area contributed by atoms with Crippen molar-refractivity contribution in [1.82, 2.24) is 14.5 Å². The van der Waals surface area contributed by atoms with Crippen LogP contribution in [0.5, 0.6) is 11.5 Å². The molecule has 6 aromatic carbocycles. The van der Waals surface area contributed by atoms with Gasteiger partial charge >= 0.3 is 0 Å². The fourth-order valence-corrected chi connectivity index (χ4v) is 8.55. The van der Waals surface area contributed by atoms with Crippen LogP contribution in [0.2, 0.25) is 0 Å². The Hall–Kier alpha value is -6.79. The van der Waals surface area contributed by atoms with Crippen LogP contribution in [-0.2, 0) is 5.41 Å². The second-order valence-electron chi connectivity index (χ2n) is 17.3. The number of ether oxygens (including phenoxy) is 1. The van der Waals surface area contributed by atoms with E-state index in [2.05, 4.69) is 189 Å². The number of benzene rings is 6. The van der Waals surface area contributed by atoms with Gasteiger partial charge in [-0.15, -0.1) is 0 Å². The van der Waals surface area contributed by atoms with Gasteiger partial charge in [0.1, 0.15) is 28.5 Å². The third-order valence-corrected chi connectivity index (χ3v) is 11.4. The number of anilines is 1. The molecule has 9 aromatic rings. The summed E-state index contributed by atoms with van der Waals surface area (Å²) in [4.78, 5) is 9.88. The summed E-state index contributed by atoms with van der Waals surface area (Å²) in [7, 11) is 0. The molecule has 58 heavy (non-hydrogen) atoms. The molecule has 0 spiro atoms. The molecular formula is C52H46N4O2. The van der Waals surface area contributed by atoms with Gasteiger partial charge < -0.3 is 19.0 Å². The monoisotopic (exact) mass is 758 g/mol. The average Bonchev–Trinajstić information content (AvgIpc) is 3.92. The van der Waals surface area contributed by atoms with Crippen LogP contribution in [0.1, 0.15) is 58.2 Å².